The minimum atomic E-state index is -0.649. The van der Waals surface area contributed by atoms with E-state index in [2.05, 4.69) is 20.6 Å². The molecule has 0 radical (unpaired) electrons. The number of nitrogens with one attached hydrogen (secondary N) is 2. The summed E-state index contributed by atoms with van der Waals surface area (Å²) in [6.45, 7) is 1.12. The summed E-state index contributed by atoms with van der Waals surface area (Å²) in [6.07, 6.45) is 3.73. The fourth-order valence-electron chi connectivity index (χ4n) is 2.68. The third-order valence-electron chi connectivity index (χ3n) is 4.10. The van der Waals surface area contributed by atoms with Gasteiger partial charge in [0.25, 0.3) is 0 Å². The Morgan fingerprint density at radius 3 is 2.88 bits per heavy atom. The zero-order chi connectivity index (χ0) is 18.4. The lowest BCUT2D eigenvalue weighted by molar-refractivity contribution is -0.122. The van der Waals surface area contributed by atoms with Crippen molar-refractivity contribution in [2.45, 2.75) is 19.0 Å². The van der Waals surface area contributed by atoms with Gasteiger partial charge in [-0.2, -0.15) is 0 Å². The van der Waals surface area contributed by atoms with Crippen LogP contribution in [0.25, 0.3) is 0 Å². The van der Waals surface area contributed by atoms with E-state index >= 15 is 0 Å². The van der Waals surface area contributed by atoms with Crippen LogP contribution in [0.5, 0.6) is 0 Å². The number of hydrogen-bond donors (Lipinski definition) is 2. The highest BCUT2D eigenvalue weighted by atomic mass is 16.6. The standard InChI is InChI=1S/C18H21N5O3/c1-23(10-7-14-6-2-3-8-19-14)16-13(5-4-9-20-16)11-21-17(24)15-12-26-18(25)22-15/h2-6,8-9,15H,7,10-12H2,1H3,(H,21,24)(H,22,25)/t15-/m1/s1. The van der Waals surface area contributed by atoms with E-state index in [1.807, 2.05) is 42.3 Å². The van der Waals surface area contributed by atoms with Gasteiger partial charge in [-0.25, -0.2) is 9.78 Å². The van der Waals surface area contributed by atoms with Crippen LogP contribution in [0.1, 0.15) is 11.3 Å². The minimum Gasteiger partial charge on any atom is -0.447 e. The molecule has 1 aliphatic rings. The number of nitrogens with zero attached hydrogens (tertiary/aromatic N) is 3. The molecular formula is C18H21N5O3. The molecule has 26 heavy (non-hydrogen) atoms. The maximum atomic E-state index is 12.1. The van der Waals surface area contributed by atoms with E-state index < -0.39 is 12.1 Å². The molecule has 8 nitrogen and oxygen atoms in total. The van der Waals surface area contributed by atoms with Crippen molar-refractivity contribution in [3.63, 3.8) is 0 Å². The van der Waals surface area contributed by atoms with Gasteiger partial charge in [-0.15, -0.1) is 0 Å². The predicted molar refractivity (Wildman–Crippen MR) is 95.6 cm³/mol. The SMILES string of the molecule is CN(CCc1ccccn1)c1ncccc1CNC(=O)[C@H]1COC(=O)N1. The molecule has 8 heteroatoms. The number of rotatable bonds is 7. The molecule has 1 aliphatic heterocycles. The van der Waals surface area contributed by atoms with Crippen molar-refractivity contribution in [2.24, 2.45) is 0 Å². The van der Waals surface area contributed by atoms with E-state index in [9.17, 15) is 9.59 Å². The third kappa shape index (κ3) is 4.47. The lowest BCUT2D eigenvalue weighted by atomic mass is 10.2. The van der Waals surface area contributed by atoms with Crippen LogP contribution in [-0.2, 0) is 22.5 Å². The summed E-state index contributed by atoms with van der Waals surface area (Å²) in [6, 6.07) is 8.96. The van der Waals surface area contributed by atoms with Gasteiger partial charge in [-0.3, -0.25) is 9.78 Å². The van der Waals surface area contributed by atoms with E-state index in [0.29, 0.717) is 6.54 Å². The Kier molecular flexibility index (Phi) is 5.62. The van der Waals surface area contributed by atoms with Gasteiger partial charge < -0.3 is 20.3 Å². The second-order valence-corrected chi connectivity index (χ2v) is 5.99. The minimum absolute atomic E-state index is 0.0501. The van der Waals surface area contributed by atoms with E-state index in [0.717, 1.165) is 30.0 Å². The van der Waals surface area contributed by atoms with Crippen molar-refractivity contribution in [1.82, 2.24) is 20.6 Å². The summed E-state index contributed by atoms with van der Waals surface area (Å²) in [7, 11) is 1.96. The topological polar surface area (TPSA) is 96.5 Å². The summed E-state index contributed by atoms with van der Waals surface area (Å²) in [4.78, 5) is 33.9. The van der Waals surface area contributed by atoms with Crippen LogP contribution < -0.4 is 15.5 Å². The number of pyridine rings is 2. The highest BCUT2D eigenvalue weighted by molar-refractivity contribution is 5.87. The second-order valence-electron chi connectivity index (χ2n) is 5.99. The quantitative estimate of drug-likeness (QED) is 0.765. The van der Waals surface area contributed by atoms with Gasteiger partial charge in [0.05, 0.1) is 0 Å². The fraction of sp³-hybridized carbons (Fsp3) is 0.333. The van der Waals surface area contributed by atoms with Crippen LogP contribution in [0.4, 0.5) is 10.6 Å². The van der Waals surface area contributed by atoms with Gasteiger partial charge in [-0.1, -0.05) is 12.1 Å². The van der Waals surface area contributed by atoms with Crippen molar-refractivity contribution < 1.29 is 14.3 Å². The molecule has 2 aromatic rings. The molecule has 0 spiro atoms. The first-order valence-electron chi connectivity index (χ1n) is 8.39. The maximum Gasteiger partial charge on any atom is 0.407 e. The van der Waals surface area contributed by atoms with Gasteiger partial charge in [0.2, 0.25) is 5.91 Å². The summed E-state index contributed by atoms with van der Waals surface area (Å²) in [5.74, 6) is 0.525. The molecular weight excluding hydrogens is 334 g/mol. The van der Waals surface area contributed by atoms with Crippen molar-refractivity contribution in [3.05, 3.63) is 54.0 Å². The monoisotopic (exact) mass is 355 g/mol. The molecule has 1 fully saturated rings. The Morgan fingerprint density at radius 2 is 2.15 bits per heavy atom. The maximum absolute atomic E-state index is 12.1. The number of hydrogen-bond acceptors (Lipinski definition) is 6. The van der Waals surface area contributed by atoms with Gasteiger partial charge in [0, 0.05) is 50.2 Å². The van der Waals surface area contributed by atoms with Crippen molar-refractivity contribution in [2.75, 3.05) is 25.1 Å². The summed E-state index contributed by atoms with van der Waals surface area (Å²) < 4.78 is 4.74. The molecule has 0 aliphatic carbocycles. The highest BCUT2D eigenvalue weighted by Crippen LogP contribution is 2.16. The Labute approximate surface area is 151 Å². The number of anilines is 1. The molecule has 2 aromatic heterocycles. The van der Waals surface area contributed by atoms with Crippen LogP contribution in [0.3, 0.4) is 0 Å². The number of likely N-dealkylation sites (N-methyl/N-ethyl adjacent to an activating group) is 1. The first-order chi connectivity index (χ1) is 12.6. The number of ether oxygens (including phenoxy) is 1. The van der Waals surface area contributed by atoms with Crippen molar-refractivity contribution in [3.8, 4) is 0 Å². The number of carbonyl (C=O) groups is 2. The Balaban J connectivity index is 1.58. The molecule has 136 valence electrons. The normalized spacial score (nSPS) is 15.9. The smallest absolute Gasteiger partial charge is 0.407 e. The van der Waals surface area contributed by atoms with Gasteiger partial charge in [-0.05, 0) is 18.2 Å². The molecule has 0 aromatic carbocycles. The predicted octanol–water partition coefficient (Wildman–Crippen LogP) is 0.880. The van der Waals surface area contributed by atoms with E-state index in [4.69, 9.17) is 4.74 Å². The Morgan fingerprint density at radius 1 is 1.31 bits per heavy atom. The largest absolute Gasteiger partial charge is 0.447 e. The van der Waals surface area contributed by atoms with Crippen molar-refractivity contribution in [1.29, 1.82) is 0 Å². The average molecular weight is 355 g/mol. The molecule has 1 atom stereocenters. The van der Waals surface area contributed by atoms with Crippen LogP contribution in [0, 0.1) is 0 Å². The molecule has 0 bridgehead atoms. The number of alkyl carbamates (subject to hydrolysis) is 1. The van der Waals surface area contributed by atoms with Gasteiger partial charge >= 0.3 is 6.09 Å². The number of aromatic nitrogens is 2. The molecule has 2 amide bonds. The first-order valence-corrected chi connectivity index (χ1v) is 8.39. The summed E-state index contributed by atoms with van der Waals surface area (Å²) in [5, 5.41) is 5.28. The lowest BCUT2D eigenvalue weighted by Crippen LogP contribution is -2.42. The number of amides is 2. The Bertz CT molecular complexity index is 768. The van der Waals surface area contributed by atoms with Crippen molar-refractivity contribution >= 4 is 17.8 Å². The van der Waals surface area contributed by atoms with Gasteiger partial charge in [0.15, 0.2) is 0 Å². The van der Waals surface area contributed by atoms with E-state index in [-0.39, 0.29) is 12.5 Å². The second kappa shape index (κ2) is 8.28. The average Bonchev–Trinajstić information content (AvgIpc) is 3.12. The fourth-order valence-corrected chi connectivity index (χ4v) is 2.68. The van der Waals surface area contributed by atoms with E-state index in [1.165, 1.54) is 0 Å². The van der Waals surface area contributed by atoms with E-state index in [1.54, 1.807) is 12.4 Å². The summed E-state index contributed by atoms with van der Waals surface area (Å²) in [5.41, 5.74) is 1.91. The number of carbonyl (C=O) groups excluding carboxylic acids is 2. The van der Waals surface area contributed by atoms with Gasteiger partial charge in [0.1, 0.15) is 18.5 Å². The highest BCUT2D eigenvalue weighted by Gasteiger charge is 2.28. The lowest BCUT2D eigenvalue weighted by Gasteiger charge is -2.21. The van der Waals surface area contributed by atoms with Crippen LogP contribution in [0.15, 0.2) is 42.7 Å². The molecule has 0 saturated carbocycles. The van der Waals surface area contributed by atoms with Crippen LogP contribution in [-0.4, -0.2) is 48.2 Å². The third-order valence-corrected chi connectivity index (χ3v) is 4.10. The molecule has 0 unspecified atom stereocenters. The van der Waals surface area contributed by atoms with Crippen LogP contribution >= 0.6 is 0 Å². The first kappa shape index (κ1) is 17.7. The van der Waals surface area contributed by atoms with Crippen LogP contribution in [0.2, 0.25) is 0 Å². The zero-order valence-electron chi connectivity index (χ0n) is 14.5. The Hall–Kier alpha value is -3.16. The zero-order valence-corrected chi connectivity index (χ0v) is 14.5. The number of cyclic esters (lactones) is 1. The molecule has 2 N–H and O–H groups in total. The molecule has 3 rings (SSSR count). The molecule has 3 heterocycles. The summed E-state index contributed by atoms with van der Waals surface area (Å²) >= 11 is 0. The molecule has 1 saturated heterocycles.